The van der Waals surface area contributed by atoms with Crippen LogP contribution in [-0.4, -0.2) is 25.9 Å². The van der Waals surface area contributed by atoms with Crippen molar-refractivity contribution in [2.45, 2.75) is 18.9 Å². The zero-order chi connectivity index (χ0) is 6.10. The van der Waals surface area contributed by atoms with Gasteiger partial charge in [-0.1, -0.05) is 0 Å². The van der Waals surface area contributed by atoms with Crippen LogP contribution in [0.25, 0.3) is 0 Å². The Bertz CT molecular complexity index is 91.1. The molecule has 2 atom stereocenters. The minimum absolute atomic E-state index is 0.443. The van der Waals surface area contributed by atoms with Gasteiger partial charge in [0.05, 0.1) is 19.3 Å². The highest BCUT2D eigenvalue weighted by molar-refractivity contribution is 4.78. The molecule has 2 aliphatic rings. The quantitative estimate of drug-likeness (QED) is 0.480. The maximum absolute atomic E-state index is 5.48. The molecule has 0 aromatic carbocycles. The summed E-state index contributed by atoms with van der Waals surface area (Å²) in [5.41, 5.74) is 0. The van der Waals surface area contributed by atoms with E-state index in [0.29, 0.717) is 6.10 Å². The highest BCUT2D eigenvalue weighted by atomic mass is 16.5. The first-order valence-electron chi connectivity index (χ1n) is 3.66. The second-order valence-corrected chi connectivity index (χ2v) is 2.85. The molecule has 2 rings (SSSR count). The minimum atomic E-state index is 0.443. The molecule has 2 saturated heterocycles. The van der Waals surface area contributed by atoms with Crippen molar-refractivity contribution in [1.29, 1.82) is 0 Å². The van der Waals surface area contributed by atoms with Gasteiger partial charge in [-0.15, -0.1) is 0 Å². The molecule has 0 radical (unpaired) electrons. The van der Waals surface area contributed by atoms with Crippen molar-refractivity contribution >= 4 is 0 Å². The summed E-state index contributed by atoms with van der Waals surface area (Å²) in [4.78, 5) is 0. The Kier molecular flexibility index (Phi) is 1.44. The molecule has 2 aliphatic heterocycles. The van der Waals surface area contributed by atoms with Crippen LogP contribution >= 0.6 is 0 Å². The molecule has 0 saturated carbocycles. The van der Waals surface area contributed by atoms with Gasteiger partial charge in [-0.3, -0.25) is 0 Å². The topological polar surface area (TPSA) is 18.5 Å². The Morgan fingerprint density at radius 2 is 2.22 bits per heavy atom. The third-order valence-electron chi connectivity index (χ3n) is 2.19. The molecule has 2 fully saturated rings. The van der Waals surface area contributed by atoms with Gasteiger partial charge in [0.25, 0.3) is 0 Å². The molecule has 0 aromatic rings. The van der Waals surface area contributed by atoms with Crippen LogP contribution < -0.4 is 0 Å². The number of hydrogen-bond donors (Lipinski definition) is 0. The van der Waals surface area contributed by atoms with Crippen LogP contribution in [0.4, 0.5) is 0 Å². The summed E-state index contributed by atoms with van der Waals surface area (Å²) in [6, 6.07) is 0. The Morgan fingerprint density at radius 1 is 1.22 bits per heavy atom. The van der Waals surface area contributed by atoms with Crippen molar-refractivity contribution in [2.75, 3.05) is 19.8 Å². The van der Waals surface area contributed by atoms with Crippen molar-refractivity contribution in [2.24, 2.45) is 5.92 Å². The van der Waals surface area contributed by atoms with Crippen LogP contribution in [0.2, 0.25) is 0 Å². The van der Waals surface area contributed by atoms with E-state index in [-0.39, 0.29) is 0 Å². The fraction of sp³-hybridized carbons (Fsp3) is 1.00. The molecule has 52 valence electrons. The first kappa shape index (κ1) is 5.69. The third kappa shape index (κ3) is 0.970. The maximum atomic E-state index is 5.48. The van der Waals surface area contributed by atoms with Gasteiger partial charge < -0.3 is 9.47 Å². The SMILES string of the molecule is C1CO[C@@H]2COC[C@@H]2C1. The molecule has 0 aliphatic carbocycles. The number of ether oxygens (including phenoxy) is 2. The van der Waals surface area contributed by atoms with Crippen molar-refractivity contribution in [3.63, 3.8) is 0 Å². The summed E-state index contributed by atoms with van der Waals surface area (Å²) >= 11 is 0. The smallest absolute Gasteiger partial charge is 0.0858 e. The lowest BCUT2D eigenvalue weighted by Gasteiger charge is -2.23. The Hall–Kier alpha value is -0.0800. The van der Waals surface area contributed by atoms with E-state index in [9.17, 15) is 0 Å². The molecule has 0 bridgehead atoms. The van der Waals surface area contributed by atoms with Crippen LogP contribution in [-0.2, 0) is 9.47 Å². The number of rotatable bonds is 0. The van der Waals surface area contributed by atoms with E-state index in [0.717, 1.165) is 25.7 Å². The van der Waals surface area contributed by atoms with Gasteiger partial charge in [0, 0.05) is 12.5 Å². The average molecular weight is 128 g/mol. The van der Waals surface area contributed by atoms with Gasteiger partial charge in [-0.25, -0.2) is 0 Å². The van der Waals surface area contributed by atoms with Crippen molar-refractivity contribution in [3.05, 3.63) is 0 Å². The van der Waals surface area contributed by atoms with E-state index in [4.69, 9.17) is 9.47 Å². The molecule has 0 amide bonds. The van der Waals surface area contributed by atoms with Gasteiger partial charge in [0.15, 0.2) is 0 Å². The molecule has 0 aromatic heterocycles. The van der Waals surface area contributed by atoms with Crippen LogP contribution in [0, 0.1) is 5.92 Å². The average Bonchev–Trinajstić information content (AvgIpc) is 2.33. The second kappa shape index (κ2) is 2.27. The van der Waals surface area contributed by atoms with Gasteiger partial charge >= 0.3 is 0 Å². The fourth-order valence-electron chi connectivity index (χ4n) is 1.61. The zero-order valence-corrected chi connectivity index (χ0v) is 5.51. The van der Waals surface area contributed by atoms with Crippen LogP contribution in [0.1, 0.15) is 12.8 Å². The van der Waals surface area contributed by atoms with Gasteiger partial charge in [0.1, 0.15) is 0 Å². The summed E-state index contributed by atoms with van der Waals surface area (Å²) in [6.07, 6.45) is 2.98. The fourth-order valence-corrected chi connectivity index (χ4v) is 1.61. The van der Waals surface area contributed by atoms with E-state index in [2.05, 4.69) is 0 Å². The van der Waals surface area contributed by atoms with Crippen LogP contribution in [0.15, 0.2) is 0 Å². The molecular formula is C7H12O2. The second-order valence-electron chi connectivity index (χ2n) is 2.85. The van der Waals surface area contributed by atoms with E-state index >= 15 is 0 Å². The summed E-state index contributed by atoms with van der Waals surface area (Å²) in [5.74, 6) is 0.721. The van der Waals surface area contributed by atoms with Crippen molar-refractivity contribution in [3.8, 4) is 0 Å². The van der Waals surface area contributed by atoms with Crippen LogP contribution in [0.5, 0.6) is 0 Å². The van der Waals surface area contributed by atoms with E-state index in [1.807, 2.05) is 0 Å². The predicted molar refractivity (Wildman–Crippen MR) is 33.3 cm³/mol. The summed E-state index contributed by atoms with van der Waals surface area (Å²) < 4.78 is 10.7. The number of hydrogen-bond acceptors (Lipinski definition) is 2. The Balaban J connectivity index is 1.97. The molecule has 2 heteroatoms. The van der Waals surface area contributed by atoms with E-state index < -0.39 is 0 Å². The molecule has 0 unspecified atom stereocenters. The highest BCUT2D eigenvalue weighted by Crippen LogP contribution is 2.25. The maximum Gasteiger partial charge on any atom is 0.0858 e. The van der Waals surface area contributed by atoms with Crippen molar-refractivity contribution in [1.82, 2.24) is 0 Å². The molecule has 0 N–H and O–H groups in total. The van der Waals surface area contributed by atoms with Crippen LogP contribution in [0.3, 0.4) is 0 Å². The largest absolute Gasteiger partial charge is 0.378 e. The van der Waals surface area contributed by atoms with Gasteiger partial charge in [-0.05, 0) is 12.8 Å². The van der Waals surface area contributed by atoms with Crippen molar-refractivity contribution < 1.29 is 9.47 Å². The lowest BCUT2D eigenvalue weighted by atomic mass is 9.98. The predicted octanol–water partition coefficient (Wildman–Crippen LogP) is 0.812. The lowest BCUT2D eigenvalue weighted by Crippen LogP contribution is -2.27. The first-order chi connectivity index (χ1) is 4.47. The normalized spacial score (nSPS) is 42.7. The highest BCUT2D eigenvalue weighted by Gasteiger charge is 2.30. The molecule has 2 heterocycles. The number of fused-ring (bicyclic) bond motifs is 1. The van der Waals surface area contributed by atoms with E-state index in [1.165, 1.54) is 12.8 Å². The molecule has 2 nitrogen and oxygen atoms in total. The summed E-state index contributed by atoms with van der Waals surface area (Å²) in [5, 5.41) is 0. The first-order valence-corrected chi connectivity index (χ1v) is 3.66. The lowest BCUT2D eigenvalue weighted by molar-refractivity contribution is -0.00483. The van der Waals surface area contributed by atoms with Gasteiger partial charge in [0.2, 0.25) is 0 Å². The molecule has 0 spiro atoms. The van der Waals surface area contributed by atoms with Gasteiger partial charge in [-0.2, -0.15) is 0 Å². The monoisotopic (exact) mass is 128 g/mol. The third-order valence-corrected chi connectivity index (χ3v) is 2.19. The molecular weight excluding hydrogens is 116 g/mol. The Labute approximate surface area is 55.1 Å². The zero-order valence-electron chi connectivity index (χ0n) is 5.51. The Morgan fingerprint density at radius 3 is 3.11 bits per heavy atom. The standard InChI is InChI=1S/C7H12O2/c1-2-6-4-8-5-7(6)9-3-1/h6-7H,1-5H2/t6-,7+/m0/s1. The molecule has 9 heavy (non-hydrogen) atoms. The summed E-state index contributed by atoms with van der Waals surface area (Å²) in [6.45, 7) is 2.72. The van der Waals surface area contributed by atoms with E-state index in [1.54, 1.807) is 0 Å². The minimum Gasteiger partial charge on any atom is -0.378 e. The summed E-state index contributed by atoms with van der Waals surface area (Å²) in [7, 11) is 0.